The first-order valence-electron chi connectivity index (χ1n) is 3.33. The Bertz CT molecular complexity index is 95.1. The summed E-state index contributed by atoms with van der Waals surface area (Å²) in [6, 6.07) is 0. The van der Waals surface area contributed by atoms with Crippen LogP contribution < -0.4 is 0 Å². The molecule has 0 bridgehead atoms. The first kappa shape index (κ1) is 9.02. The number of allylic oxidation sites excluding steroid dienone is 1. The van der Waals surface area contributed by atoms with Crippen molar-refractivity contribution < 1.29 is 0 Å². The average Bonchev–Trinajstić information content (AvgIpc) is 1.90. The first-order valence-corrected chi connectivity index (χ1v) is 4.12. The predicted molar refractivity (Wildman–Crippen MR) is 45.6 cm³/mol. The highest BCUT2D eigenvalue weighted by Gasteiger charge is 1.97. The van der Waals surface area contributed by atoms with Gasteiger partial charge in [0, 0.05) is 13.1 Å². The first-order chi connectivity index (χ1) is 4.26. The minimum Gasteiger partial charge on any atom is -0.367 e. The van der Waals surface area contributed by atoms with E-state index in [1.165, 1.54) is 4.61 Å². The van der Waals surface area contributed by atoms with Crippen LogP contribution in [0, 0.1) is 0 Å². The lowest BCUT2D eigenvalue weighted by Gasteiger charge is -2.19. The summed E-state index contributed by atoms with van der Waals surface area (Å²) >= 11 is 3.45. The lowest BCUT2D eigenvalue weighted by Crippen LogP contribution is -2.18. The maximum atomic E-state index is 3.45. The summed E-state index contributed by atoms with van der Waals surface area (Å²) in [5.74, 6) is 0. The Balaban J connectivity index is 3.79. The molecule has 0 fully saturated rings. The molecule has 0 saturated heterocycles. The lowest BCUT2D eigenvalue weighted by atomic mass is 10.5. The topological polar surface area (TPSA) is 3.24 Å². The van der Waals surface area contributed by atoms with Crippen molar-refractivity contribution in [3.05, 3.63) is 10.7 Å². The Labute approximate surface area is 65.9 Å². The minimum absolute atomic E-state index is 1.07. The Kier molecular flexibility index (Phi) is 4.87. The third-order valence-electron chi connectivity index (χ3n) is 1.30. The number of rotatable bonds is 3. The van der Waals surface area contributed by atoms with Gasteiger partial charge in [0.25, 0.3) is 0 Å². The summed E-state index contributed by atoms with van der Waals surface area (Å²) in [6.45, 7) is 8.47. The monoisotopic (exact) mass is 191 g/mol. The Morgan fingerprint density at radius 3 is 2.00 bits per heavy atom. The fraction of sp³-hybridized carbons (Fsp3) is 0.714. The van der Waals surface area contributed by atoms with E-state index in [1.807, 2.05) is 6.92 Å². The van der Waals surface area contributed by atoms with Gasteiger partial charge in [0.1, 0.15) is 0 Å². The van der Waals surface area contributed by atoms with Crippen LogP contribution >= 0.6 is 15.9 Å². The molecule has 0 radical (unpaired) electrons. The van der Waals surface area contributed by atoms with Crippen LogP contribution in [-0.4, -0.2) is 18.0 Å². The van der Waals surface area contributed by atoms with E-state index in [0.29, 0.717) is 0 Å². The molecule has 0 N–H and O–H groups in total. The maximum Gasteiger partial charge on any atom is 0.0762 e. The summed E-state index contributed by atoms with van der Waals surface area (Å²) in [6.07, 6.45) is 2.06. The van der Waals surface area contributed by atoms with Crippen LogP contribution in [0.3, 0.4) is 0 Å². The van der Waals surface area contributed by atoms with Gasteiger partial charge in [-0.3, -0.25) is 0 Å². The van der Waals surface area contributed by atoms with Gasteiger partial charge in [-0.25, -0.2) is 0 Å². The number of hydrogen-bond acceptors (Lipinski definition) is 1. The Hall–Kier alpha value is 0.0200. The molecule has 0 aromatic heterocycles. The van der Waals surface area contributed by atoms with Crippen LogP contribution in [0.1, 0.15) is 20.8 Å². The van der Waals surface area contributed by atoms with E-state index in [0.717, 1.165) is 13.1 Å². The molecule has 2 heteroatoms. The summed E-state index contributed by atoms with van der Waals surface area (Å²) in [7, 11) is 0. The highest BCUT2D eigenvalue weighted by Crippen LogP contribution is 2.09. The Morgan fingerprint density at radius 2 is 1.89 bits per heavy atom. The third-order valence-corrected chi connectivity index (χ3v) is 2.26. The Morgan fingerprint density at radius 1 is 1.44 bits per heavy atom. The standard InChI is InChI=1S/C7H14BrN/c1-4-7(8)9(5-2)6-3/h4H,5-6H2,1-3H3/b7-4-. The zero-order chi connectivity index (χ0) is 7.28. The second-order valence-electron chi connectivity index (χ2n) is 1.78. The smallest absolute Gasteiger partial charge is 0.0762 e. The number of nitrogens with zero attached hydrogens (tertiary/aromatic N) is 1. The summed E-state index contributed by atoms with van der Waals surface area (Å²) < 4.78 is 1.19. The molecule has 54 valence electrons. The molecule has 0 saturated carbocycles. The molecule has 0 aromatic rings. The molecule has 0 amide bonds. The van der Waals surface area contributed by atoms with Crippen LogP contribution in [0.5, 0.6) is 0 Å². The zero-order valence-corrected chi connectivity index (χ0v) is 7.90. The fourth-order valence-electron chi connectivity index (χ4n) is 0.708. The van der Waals surface area contributed by atoms with Gasteiger partial charge in [0.2, 0.25) is 0 Å². The average molecular weight is 192 g/mol. The van der Waals surface area contributed by atoms with Crippen molar-refractivity contribution in [3.8, 4) is 0 Å². The SMILES string of the molecule is C/C=C(/Br)N(CC)CC. The van der Waals surface area contributed by atoms with E-state index in [-0.39, 0.29) is 0 Å². The van der Waals surface area contributed by atoms with E-state index in [1.54, 1.807) is 0 Å². The van der Waals surface area contributed by atoms with E-state index in [4.69, 9.17) is 0 Å². The second-order valence-corrected chi connectivity index (χ2v) is 2.60. The molecular formula is C7H14BrN. The molecule has 0 rings (SSSR count). The molecule has 0 aliphatic rings. The van der Waals surface area contributed by atoms with Gasteiger partial charge in [0.15, 0.2) is 0 Å². The van der Waals surface area contributed by atoms with Gasteiger partial charge in [-0.1, -0.05) is 6.08 Å². The van der Waals surface area contributed by atoms with Crippen molar-refractivity contribution >= 4 is 15.9 Å². The van der Waals surface area contributed by atoms with Crippen molar-refractivity contribution in [3.63, 3.8) is 0 Å². The number of halogens is 1. The van der Waals surface area contributed by atoms with Crippen molar-refractivity contribution in [1.82, 2.24) is 4.90 Å². The predicted octanol–water partition coefficient (Wildman–Crippen LogP) is 2.58. The van der Waals surface area contributed by atoms with Crippen molar-refractivity contribution in [1.29, 1.82) is 0 Å². The van der Waals surface area contributed by atoms with Crippen molar-refractivity contribution in [2.24, 2.45) is 0 Å². The van der Waals surface area contributed by atoms with Crippen LogP contribution in [0.4, 0.5) is 0 Å². The van der Waals surface area contributed by atoms with Gasteiger partial charge in [-0.2, -0.15) is 0 Å². The molecule has 0 spiro atoms. The van der Waals surface area contributed by atoms with E-state index < -0.39 is 0 Å². The van der Waals surface area contributed by atoms with Gasteiger partial charge in [-0.15, -0.1) is 0 Å². The molecule has 0 aromatic carbocycles. The summed E-state index contributed by atoms with van der Waals surface area (Å²) in [4.78, 5) is 2.25. The molecular weight excluding hydrogens is 178 g/mol. The van der Waals surface area contributed by atoms with Gasteiger partial charge < -0.3 is 4.90 Å². The quantitative estimate of drug-likeness (QED) is 0.621. The molecule has 0 unspecified atom stereocenters. The molecule has 9 heavy (non-hydrogen) atoms. The van der Waals surface area contributed by atoms with Crippen LogP contribution in [-0.2, 0) is 0 Å². The minimum atomic E-state index is 1.07. The molecule has 0 atom stereocenters. The highest BCUT2D eigenvalue weighted by molar-refractivity contribution is 9.11. The van der Waals surface area contributed by atoms with Gasteiger partial charge in [0.05, 0.1) is 4.61 Å². The van der Waals surface area contributed by atoms with Crippen LogP contribution in [0.25, 0.3) is 0 Å². The molecule has 0 aliphatic carbocycles. The zero-order valence-electron chi connectivity index (χ0n) is 6.32. The largest absolute Gasteiger partial charge is 0.367 e. The van der Waals surface area contributed by atoms with Gasteiger partial charge in [-0.05, 0) is 36.7 Å². The van der Waals surface area contributed by atoms with Crippen molar-refractivity contribution in [2.45, 2.75) is 20.8 Å². The number of hydrogen-bond donors (Lipinski definition) is 0. The molecule has 1 nitrogen and oxygen atoms in total. The van der Waals surface area contributed by atoms with Crippen LogP contribution in [0.2, 0.25) is 0 Å². The summed E-state index contributed by atoms with van der Waals surface area (Å²) in [5.41, 5.74) is 0. The van der Waals surface area contributed by atoms with E-state index in [9.17, 15) is 0 Å². The van der Waals surface area contributed by atoms with Crippen LogP contribution in [0.15, 0.2) is 10.7 Å². The maximum absolute atomic E-state index is 3.45. The van der Waals surface area contributed by atoms with E-state index >= 15 is 0 Å². The normalized spacial score (nSPS) is 11.8. The summed E-state index contributed by atoms with van der Waals surface area (Å²) in [5, 5.41) is 0. The lowest BCUT2D eigenvalue weighted by molar-refractivity contribution is 0.410. The van der Waals surface area contributed by atoms with Crippen molar-refractivity contribution in [2.75, 3.05) is 13.1 Å². The third kappa shape index (κ3) is 2.89. The van der Waals surface area contributed by atoms with E-state index in [2.05, 4.69) is 40.8 Å². The molecule has 0 heterocycles. The fourth-order valence-corrected chi connectivity index (χ4v) is 1.21. The van der Waals surface area contributed by atoms with Gasteiger partial charge >= 0.3 is 0 Å². The second kappa shape index (κ2) is 4.86. The molecule has 0 aliphatic heterocycles. The highest BCUT2D eigenvalue weighted by atomic mass is 79.9.